The number of aromatic nitrogens is 1. The van der Waals surface area contributed by atoms with Crippen LogP contribution >= 0.6 is 0 Å². The monoisotopic (exact) mass is 166 g/mol. The summed E-state index contributed by atoms with van der Waals surface area (Å²) in [5.74, 6) is -1.04. The van der Waals surface area contributed by atoms with Gasteiger partial charge in [0.1, 0.15) is 6.04 Å². The normalized spacial score (nSPS) is 12.5. The van der Waals surface area contributed by atoms with Crippen molar-refractivity contribution < 1.29 is 9.90 Å². The summed E-state index contributed by atoms with van der Waals surface area (Å²) >= 11 is 0. The van der Waals surface area contributed by atoms with Crippen LogP contribution in [0.5, 0.6) is 0 Å². The highest BCUT2D eigenvalue weighted by molar-refractivity contribution is 5.75. The van der Waals surface area contributed by atoms with Crippen molar-refractivity contribution in [3.63, 3.8) is 0 Å². The van der Waals surface area contributed by atoms with Crippen LogP contribution in [0.1, 0.15) is 17.2 Å². The largest absolute Gasteiger partial charge is 0.480 e. The van der Waals surface area contributed by atoms with Crippen molar-refractivity contribution in [3.05, 3.63) is 29.6 Å². The van der Waals surface area contributed by atoms with Gasteiger partial charge in [-0.2, -0.15) is 0 Å². The van der Waals surface area contributed by atoms with Crippen molar-refractivity contribution in [2.24, 2.45) is 5.73 Å². The fourth-order valence-corrected chi connectivity index (χ4v) is 0.891. The number of rotatable bonds is 2. The van der Waals surface area contributed by atoms with Crippen LogP contribution < -0.4 is 5.73 Å². The Hall–Kier alpha value is -1.42. The molecule has 0 fully saturated rings. The van der Waals surface area contributed by atoms with E-state index in [9.17, 15) is 4.79 Å². The molecular formula is C8H10N2O2. The smallest absolute Gasteiger partial charge is 0.325 e. The molecule has 4 nitrogen and oxygen atoms in total. The standard InChI is InChI=1S/C8H10N2O2/c1-5-2-6(4-10-3-5)7(9)8(11)12/h2-4,7H,9H2,1H3,(H,11,12)/t7-/m0/s1. The Kier molecular flexibility index (Phi) is 2.40. The summed E-state index contributed by atoms with van der Waals surface area (Å²) in [4.78, 5) is 14.3. The lowest BCUT2D eigenvalue weighted by molar-refractivity contribution is -0.138. The average molecular weight is 166 g/mol. The van der Waals surface area contributed by atoms with Gasteiger partial charge in [0, 0.05) is 12.4 Å². The minimum atomic E-state index is -1.04. The summed E-state index contributed by atoms with van der Waals surface area (Å²) in [6.07, 6.45) is 3.11. The number of aliphatic carboxylic acids is 1. The second-order valence-corrected chi connectivity index (χ2v) is 2.61. The summed E-state index contributed by atoms with van der Waals surface area (Å²) in [6, 6.07) is 0.739. The van der Waals surface area contributed by atoms with E-state index in [1.54, 1.807) is 12.3 Å². The molecule has 0 unspecified atom stereocenters. The number of hydrogen-bond acceptors (Lipinski definition) is 3. The number of nitrogens with zero attached hydrogens (tertiary/aromatic N) is 1. The predicted octanol–water partition coefficient (Wildman–Crippen LogP) is 0.474. The van der Waals surface area contributed by atoms with Crippen LogP contribution in [0.4, 0.5) is 0 Å². The Morgan fingerprint density at radius 1 is 1.67 bits per heavy atom. The first-order valence-corrected chi connectivity index (χ1v) is 3.51. The minimum absolute atomic E-state index is 0.530. The molecule has 4 heteroatoms. The van der Waals surface area contributed by atoms with Gasteiger partial charge in [0.05, 0.1) is 0 Å². The van der Waals surface area contributed by atoms with Crippen LogP contribution in [-0.2, 0) is 4.79 Å². The number of carbonyl (C=O) groups is 1. The van der Waals surface area contributed by atoms with E-state index >= 15 is 0 Å². The molecule has 0 saturated heterocycles. The molecule has 1 rings (SSSR count). The maximum absolute atomic E-state index is 10.5. The number of carboxylic acids is 1. The zero-order valence-corrected chi connectivity index (χ0v) is 6.69. The van der Waals surface area contributed by atoms with Crippen molar-refractivity contribution in [2.75, 3.05) is 0 Å². The first-order chi connectivity index (χ1) is 5.61. The molecule has 0 amide bonds. The van der Waals surface area contributed by atoms with Gasteiger partial charge < -0.3 is 10.8 Å². The highest BCUT2D eigenvalue weighted by atomic mass is 16.4. The first-order valence-electron chi connectivity index (χ1n) is 3.51. The predicted molar refractivity (Wildman–Crippen MR) is 43.5 cm³/mol. The molecule has 0 bridgehead atoms. The van der Waals surface area contributed by atoms with Gasteiger partial charge >= 0.3 is 5.97 Å². The van der Waals surface area contributed by atoms with Gasteiger partial charge in [-0.1, -0.05) is 6.07 Å². The summed E-state index contributed by atoms with van der Waals surface area (Å²) in [6.45, 7) is 1.84. The summed E-state index contributed by atoms with van der Waals surface area (Å²) in [5, 5.41) is 8.57. The van der Waals surface area contributed by atoms with E-state index in [0.29, 0.717) is 5.56 Å². The lowest BCUT2D eigenvalue weighted by Crippen LogP contribution is -2.20. The third-order valence-corrected chi connectivity index (χ3v) is 1.52. The van der Waals surface area contributed by atoms with Crippen LogP contribution in [0.25, 0.3) is 0 Å². The number of hydrogen-bond donors (Lipinski definition) is 2. The number of pyridine rings is 1. The van der Waals surface area contributed by atoms with E-state index in [1.165, 1.54) is 6.20 Å². The minimum Gasteiger partial charge on any atom is -0.480 e. The lowest BCUT2D eigenvalue weighted by Gasteiger charge is -2.05. The van der Waals surface area contributed by atoms with Gasteiger partial charge in [0.15, 0.2) is 0 Å². The first kappa shape index (κ1) is 8.67. The SMILES string of the molecule is Cc1cncc([C@H](N)C(=O)O)c1. The Morgan fingerprint density at radius 3 is 2.83 bits per heavy atom. The Labute approximate surface area is 70.0 Å². The number of carboxylic acid groups (broad SMARTS) is 1. The molecule has 0 spiro atoms. The van der Waals surface area contributed by atoms with E-state index in [1.807, 2.05) is 6.92 Å². The summed E-state index contributed by atoms with van der Waals surface area (Å²) < 4.78 is 0. The van der Waals surface area contributed by atoms with Crippen molar-refractivity contribution in [3.8, 4) is 0 Å². The van der Waals surface area contributed by atoms with Crippen molar-refractivity contribution in [1.29, 1.82) is 0 Å². The van der Waals surface area contributed by atoms with Gasteiger partial charge in [0.2, 0.25) is 0 Å². The Morgan fingerprint density at radius 2 is 2.33 bits per heavy atom. The van der Waals surface area contributed by atoms with E-state index in [-0.39, 0.29) is 0 Å². The van der Waals surface area contributed by atoms with Crippen molar-refractivity contribution >= 4 is 5.97 Å². The molecule has 0 aliphatic carbocycles. The summed E-state index contributed by atoms with van der Waals surface area (Å²) in [5.41, 5.74) is 6.80. The third-order valence-electron chi connectivity index (χ3n) is 1.52. The maximum Gasteiger partial charge on any atom is 0.325 e. The molecule has 0 aliphatic rings. The Balaban J connectivity index is 2.95. The number of aryl methyl sites for hydroxylation is 1. The van der Waals surface area contributed by atoms with Gasteiger partial charge in [-0.15, -0.1) is 0 Å². The van der Waals surface area contributed by atoms with Crippen molar-refractivity contribution in [1.82, 2.24) is 4.98 Å². The quantitative estimate of drug-likeness (QED) is 0.669. The molecule has 0 saturated carbocycles. The van der Waals surface area contributed by atoms with E-state index in [4.69, 9.17) is 10.8 Å². The molecular weight excluding hydrogens is 156 g/mol. The molecule has 0 aliphatic heterocycles. The van der Waals surface area contributed by atoms with Crippen LogP contribution in [0, 0.1) is 6.92 Å². The highest BCUT2D eigenvalue weighted by Crippen LogP contribution is 2.09. The molecule has 3 N–H and O–H groups in total. The summed E-state index contributed by atoms with van der Waals surface area (Å²) in [7, 11) is 0. The van der Waals surface area contributed by atoms with Gasteiger partial charge in [-0.05, 0) is 18.1 Å². The van der Waals surface area contributed by atoms with Crippen LogP contribution in [0.3, 0.4) is 0 Å². The zero-order chi connectivity index (χ0) is 9.14. The molecule has 1 aromatic rings. The number of nitrogens with two attached hydrogens (primary N) is 1. The zero-order valence-electron chi connectivity index (χ0n) is 6.69. The van der Waals surface area contributed by atoms with Gasteiger partial charge in [-0.25, -0.2) is 0 Å². The van der Waals surface area contributed by atoms with Gasteiger partial charge in [0.25, 0.3) is 0 Å². The van der Waals surface area contributed by atoms with E-state index in [0.717, 1.165) is 5.56 Å². The fourth-order valence-electron chi connectivity index (χ4n) is 0.891. The molecule has 64 valence electrons. The molecule has 0 aromatic carbocycles. The molecule has 1 aromatic heterocycles. The van der Waals surface area contributed by atoms with Crippen LogP contribution in [0.15, 0.2) is 18.5 Å². The molecule has 0 radical (unpaired) electrons. The maximum atomic E-state index is 10.5. The van der Waals surface area contributed by atoms with E-state index < -0.39 is 12.0 Å². The van der Waals surface area contributed by atoms with Crippen molar-refractivity contribution in [2.45, 2.75) is 13.0 Å². The molecule has 12 heavy (non-hydrogen) atoms. The lowest BCUT2D eigenvalue weighted by atomic mass is 10.1. The van der Waals surface area contributed by atoms with Crippen LogP contribution in [0.2, 0.25) is 0 Å². The Bertz CT molecular complexity index is 299. The topological polar surface area (TPSA) is 76.2 Å². The van der Waals surface area contributed by atoms with Crippen LogP contribution in [-0.4, -0.2) is 16.1 Å². The highest BCUT2D eigenvalue weighted by Gasteiger charge is 2.13. The average Bonchev–Trinajstić information content (AvgIpc) is 2.03. The van der Waals surface area contributed by atoms with Gasteiger partial charge in [-0.3, -0.25) is 9.78 Å². The molecule has 1 atom stereocenters. The molecule has 1 heterocycles. The second kappa shape index (κ2) is 3.32. The fraction of sp³-hybridized carbons (Fsp3) is 0.250. The second-order valence-electron chi connectivity index (χ2n) is 2.61. The third kappa shape index (κ3) is 1.79. The van der Waals surface area contributed by atoms with E-state index in [2.05, 4.69) is 4.98 Å².